The molecule has 0 aromatic carbocycles. The van der Waals surface area contributed by atoms with Crippen molar-refractivity contribution in [3.63, 3.8) is 0 Å². The molecule has 0 bridgehead atoms. The van der Waals surface area contributed by atoms with Gasteiger partial charge in [0.25, 0.3) is 0 Å². The van der Waals surface area contributed by atoms with Gasteiger partial charge in [0.1, 0.15) is 6.61 Å². The first kappa shape index (κ1) is 10.5. The Hall–Kier alpha value is -0.570. The first-order valence-electron chi connectivity index (χ1n) is 4.74. The predicted molar refractivity (Wildman–Crippen MR) is 51.4 cm³/mol. The van der Waals surface area contributed by atoms with Crippen LogP contribution in [0.2, 0.25) is 0 Å². The minimum atomic E-state index is 0.0881. The summed E-state index contributed by atoms with van der Waals surface area (Å²) < 4.78 is 5.45. The molecule has 3 nitrogen and oxygen atoms in total. The van der Waals surface area contributed by atoms with Crippen molar-refractivity contribution in [3.05, 3.63) is 0 Å². The molecule has 0 aromatic heterocycles. The number of hydrogen-bond acceptors (Lipinski definition) is 2. The smallest absolute Gasteiger partial charge is 0.248 e. The van der Waals surface area contributed by atoms with E-state index in [0.29, 0.717) is 0 Å². The number of carbonyl (C=O) groups is 1. The summed E-state index contributed by atoms with van der Waals surface area (Å²) in [6.45, 7) is 7.54. The van der Waals surface area contributed by atoms with E-state index in [9.17, 15) is 4.79 Å². The summed E-state index contributed by atoms with van der Waals surface area (Å²) in [4.78, 5) is 12.9. The molecule has 1 aliphatic rings. The average Bonchev–Trinajstić information content (AvgIpc) is 1.94. The number of amides is 1. The Morgan fingerprint density at radius 2 is 2.15 bits per heavy atom. The number of likely N-dealkylation sites (N-methyl/N-ethyl adjacent to an activating group) is 1. The second-order valence-corrected chi connectivity index (χ2v) is 4.97. The number of rotatable bonds is 1. The van der Waals surface area contributed by atoms with Crippen LogP contribution in [0.25, 0.3) is 0 Å². The molecule has 1 amide bonds. The first-order valence-corrected chi connectivity index (χ1v) is 4.74. The molecule has 0 N–H and O–H groups in total. The maximum atomic E-state index is 11.1. The lowest BCUT2D eigenvalue weighted by atomic mass is 9.89. The molecule has 0 spiro atoms. The molecule has 1 unspecified atom stereocenters. The highest BCUT2D eigenvalue weighted by Gasteiger charge is 2.26. The van der Waals surface area contributed by atoms with E-state index in [1.54, 1.807) is 4.90 Å². The topological polar surface area (TPSA) is 29.5 Å². The van der Waals surface area contributed by atoms with Crippen LogP contribution >= 0.6 is 0 Å². The van der Waals surface area contributed by atoms with Crippen LogP contribution in [0.5, 0.6) is 0 Å². The molecule has 1 saturated heterocycles. The summed E-state index contributed by atoms with van der Waals surface area (Å²) in [5, 5.41) is 0. The molecule has 3 heteroatoms. The number of carbonyl (C=O) groups excluding carboxylic acids is 1. The highest BCUT2D eigenvalue weighted by molar-refractivity contribution is 5.77. The third-order valence-corrected chi connectivity index (χ3v) is 2.19. The van der Waals surface area contributed by atoms with Gasteiger partial charge in [-0.3, -0.25) is 4.79 Å². The van der Waals surface area contributed by atoms with Gasteiger partial charge in [-0.2, -0.15) is 0 Å². The summed E-state index contributed by atoms with van der Waals surface area (Å²) in [6.07, 6.45) is 1.22. The van der Waals surface area contributed by atoms with Crippen molar-refractivity contribution >= 4 is 5.91 Å². The summed E-state index contributed by atoms with van der Waals surface area (Å²) in [7, 11) is 1.83. The minimum Gasteiger partial charge on any atom is -0.367 e. The van der Waals surface area contributed by atoms with Gasteiger partial charge in [0.15, 0.2) is 0 Å². The van der Waals surface area contributed by atoms with Crippen LogP contribution in [0.4, 0.5) is 0 Å². The summed E-state index contributed by atoms with van der Waals surface area (Å²) in [5.41, 5.74) is 0.270. The zero-order chi connectivity index (χ0) is 10.1. The monoisotopic (exact) mass is 185 g/mol. The lowest BCUT2D eigenvalue weighted by molar-refractivity contribution is -0.148. The molecule has 1 fully saturated rings. The van der Waals surface area contributed by atoms with Crippen molar-refractivity contribution in [1.29, 1.82) is 0 Å². The quantitative estimate of drug-likeness (QED) is 0.616. The van der Waals surface area contributed by atoms with Gasteiger partial charge >= 0.3 is 0 Å². The highest BCUT2D eigenvalue weighted by atomic mass is 16.5. The van der Waals surface area contributed by atoms with E-state index in [0.717, 1.165) is 13.0 Å². The molecule has 13 heavy (non-hydrogen) atoms. The molecular formula is C10H19NO2. The summed E-state index contributed by atoms with van der Waals surface area (Å²) in [5.74, 6) is 0.0881. The van der Waals surface area contributed by atoms with Crippen molar-refractivity contribution in [2.45, 2.75) is 33.3 Å². The molecule has 0 aromatic rings. The molecule has 76 valence electrons. The zero-order valence-electron chi connectivity index (χ0n) is 8.96. The Morgan fingerprint density at radius 3 is 2.62 bits per heavy atom. The Bertz CT molecular complexity index is 196. The maximum absolute atomic E-state index is 11.1. The Balaban J connectivity index is 2.42. The van der Waals surface area contributed by atoms with Gasteiger partial charge in [-0.05, 0) is 11.8 Å². The second-order valence-electron chi connectivity index (χ2n) is 4.97. The number of hydrogen-bond donors (Lipinski definition) is 0. The maximum Gasteiger partial charge on any atom is 0.248 e. The fourth-order valence-electron chi connectivity index (χ4n) is 1.57. The van der Waals surface area contributed by atoms with E-state index >= 15 is 0 Å². The number of nitrogens with zero attached hydrogens (tertiary/aromatic N) is 1. The molecule has 1 rings (SSSR count). The van der Waals surface area contributed by atoms with Crippen LogP contribution < -0.4 is 0 Å². The third-order valence-electron chi connectivity index (χ3n) is 2.19. The van der Waals surface area contributed by atoms with Crippen LogP contribution in [-0.2, 0) is 9.53 Å². The van der Waals surface area contributed by atoms with Crippen LogP contribution in [-0.4, -0.2) is 37.1 Å². The van der Waals surface area contributed by atoms with Gasteiger partial charge in [-0.15, -0.1) is 0 Å². The Kier molecular flexibility index (Phi) is 2.96. The van der Waals surface area contributed by atoms with Gasteiger partial charge in [-0.1, -0.05) is 20.8 Å². The van der Waals surface area contributed by atoms with Crippen molar-refractivity contribution in [3.8, 4) is 0 Å². The highest BCUT2D eigenvalue weighted by Crippen LogP contribution is 2.24. The normalized spacial score (nSPS) is 25.1. The first-order chi connectivity index (χ1) is 5.88. The standard InChI is InChI=1S/C10H19NO2/c1-10(2,3)5-8-6-11(4)9(12)7-13-8/h8H,5-7H2,1-4H3. The summed E-state index contributed by atoms with van der Waals surface area (Å²) in [6, 6.07) is 0. The average molecular weight is 185 g/mol. The zero-order valence-corrected chi connectivity index (χ0v) is 8.96. The van der Waals surface area contributed by atoms with E-state index in [1.807, 2.05) is 7.05 Å². The van der Waals surface area contributed by atoms with Crippen LogP contribution in [0.15, 0.2) is 0 Å². The summed E-state index contributed by atoms with van der Waals surface area (Å²) >= 11 is 0. The SMILES string of the molecule is CN1CC(CC(C)(C)C)OCC1=O. The van der Waals surface area contributed by atoms with E-state index in [2.05, 4.69) is 20.8 Å². The molecule has 0 aliphatic carbocycles. The predicted octanol–water partition coefficient (Wildman–Crippen LogP) is 1.28. The van der Waals surface area contributed by atoms with Crippen molar-refractivity contribution < 1.29 is 9.53 Å². The van der Waals surface area contributed by atoms with E-state index in [1.165, 1.54) is 0 Å². The van der Waals surface area contributed by atoms with Crippen LogP contribution in [0.1, 0.15) is 27.2 Å². The number of ether oxygens (including phenoxy) is 1. The fraction of sp³-hybridized carbons (Fsp3) is 0.900. The van der Waals surface area contributed by atoms with Crippen molar-refractivity contribution in [2.24, 2.45) is 5.41 Å². The van der Waals surface area contributed by atoms with E-state index < -0.39 is 0 Å². The van der Waals surface area contributed by atoms with Crippen molar-refractivity contribution in [1.82, 2.24) is 4.90 Å². The lowest BCUT2D eigenvalue weighted by Gasteiger charge is -2.33. The molecule has 1 aliphatic heterocycles. The lowest BCUT2D eigenvalue weighted by Crippen LogP contribution is -2.45. The van der Waals surface area contributed by atoms with Gasteiger partial charge in [0.05, 0.1) is 6.10 Å². The van der Waals surface area contributed by atoms with Crippen molar-refractivity contribution in [2.75, 3.05) is 20.2 Å². The Labute approximate surface area is 80.1 Å². The van der Waals surface area contributed by atoms with Crippen LogP contribution in [0, 0.1) is 5.41 Å². The van der Waals surface area contributed by atoms with E-state index in [4.69, 9.17) is 4.74 Å². The second kappa shape index (κ2) is 3.66. The molecule has 0 saturated carbocycles. The minimum absolute atomic E-state index is 0.0881. The molecular weight excluding hydrogens is 166 g/mol. The third kappa shape index (κ3) is 3.35. The molecule has 0 radical (unpaired) electrons. The molecule has 1 atom stereocenters. The largest absolute Gasteiger partial charge is 0.367 e. The van der Waals surface area contributed by atoms with Crippen LogP contribution in [0.3, 0.4) is 0 Å². The fourth-order valence-corrected chi connectivity index (χ4v) is 1.57. The van der Waals surface area contributed by atoms with E-state index in [-0.39, 0.29) is 24.0 Å². The Morgan fingerprint density at radius 1 is 1.54 bits per heavy atom. The van der Waals surface area contributed by atoms with Gasteiger partial charge in [-0.25, -0.2) is 0 Å². The number of morpholine rings is 1. The van der Waals surface area contributed by atoms with Gasteiger partial charge in [0.2, 0.25) is 5.91 Å². The van der Waals surface area contributed by atoms with Gasteiger partial charge in [0, 0.05) is 13.6 Å². The molecule has 1 heterocycles. The van der Waals surface area contributed by atoms with Gasteiger partial charge < -0.3 is 9.64 Å².